The fourth-order valence-corrected chi connectivity index (χ4v) is 3.54. The Kier molecular flexibility index (Phi) is 7.62. The molecule has 28 heavy (non-hydrogen) atoms. The number of benzene rings is 1. The predicted molar refractivity (Wildman–Crippen MR) is 114 cm³/mol. The van der Waals surface area contributed by atoms with Crippen molar-refractivity contribution < 1.29 is 14.3 Å². The fourth-order valence-electron chi connectivity index (χ4n) is 2.89. The number of unbranched alkanes of at least 4 members (excludes halogenated alkanes) is 2. The number of carbonyl (C=O) groups is 1. The van der Waals surface area contributed by atoms with E-state index in [0.717, 1.165) is 41.6 Å². The largest absolute Gasteiger partial charge is 0.478 e. The van der Waals surface area contributed by atoms with Crippen molar-refractivity contribution in [3.05, 3.63) is 59.3 Å². The third-order valence-corrected chi connectivity index (χ3v) is 4.99. The maximum atomic E-state index is 11.4. The molecule has 0 fully saturated rings. The zero-order chi connectivity index (χ0) is 19.6. The molecular weight excluding hydrogens is 370 g/mol. The molecule has 0 saturated carbocycles. The lowest BCUT2D eigenvalue weighted by atomic mass is 10.0. The van der Waals surface area contributed by atoms with E-state index in [0.29, 0.717) is 25.5 Å². The topological polar surface area (TPSA) is 48.4 Å². The van der Waals surface area contributed by atoms with Gasteiger partial charge in [0, 0.05) is 23.4 Å². The van der Waals surface area contributed by atoms with Crippen molar-refractivity contribution in [3.63, 3.8) is 0 Å². The molecule has 0 aliphatic carbocycles. The number of esters is 1. The lowest BCUT2D eigenvalue weighted by Gasteiger charge is -2.10. The molecule has 0 aliphatic rings. The number of thiophene rings is 1. The second kappa shape index (κ2) is 10.6. The van der Waals surface area contributed by atoms with Gasteiger partial charge in [-0.25, -0.2) is 4.98 Å². The van der Waals surface area contributed by atoms with Gasteiger partial charge in [0.2, 0.25) is 5.88 Å². The van der Waals surface area contributed by atoms with Crippen LogP contribution in [0.1, 0.15) is 32.6 Å². The highest BCUT2D eigenvalue weighted by molar-refractivity contribution is 7.08. The van der Waals surface area contributed by atoms with Gasteiger partial charge in [-0.1, -0.05) is 30.3 Å². The van der Waals surface area contributed by atoms with Gasteiger partial charge in [0.05, 0.1) is 18.9 Å². The van der Waals surface area contributed by atoms with Crippen LogP contribution in [0.25, 0.3) is 22.4 Å². The average Bonchev–Trinajstić information content (AvgIpc) is 3.26. The first kappa shape index (κ1) is 20.1. The Morgan fingerprint density at radius 3 is 2.61 bits per heavy atom. The lowest BCUT2D eigenvalue weighted by molar-refractivity contribution is -0.143. The van der Waals surface area contributed by atoms with Crippen molar-refractivity contribution in [2.45, 2.75) is 32.6 Å². The summed E-state index contributed by atoms with van der Waals surface area (Å²) >= 11 is 1.66. The van der Waals surface area contributed by atoms with E-state index in [1.54, 1.807) is 11.3 Å². The zero-order valence-electron chi connectivity index (χ0n) is 16.1. The third-order valence-electron chi connectivity index (χ3n) is 4.31. The number of hydrogen-bond acceptors (Lipinski definition) is 5. The Morgan fingerprint density at radius 2 is 1.86 bits per heavy atom. The second-order valence-corrected chi connectivity index (χ2v) is 7.20. The summed E-state index contributed by atoms with van der Waals surface area (Å²) in [5, 5.41) is 4.15. The normalized spacial score (nSPS) is 10.6. The highest BCUT2D eigenvalue weighted by Gasteiger charge is 2.08. The monoisotopic (exact) mass is 395 g/mol. The van der Waals surface area contributed by atoms with E-state index in [2.05, 4.69) is 40.0 Å². The van der Waals surface area contributed by atoms with Gasteiger partial charge in [-0.15, -0.1) is 0 Å². The first-order valence-electron chi connectivity index (χ1n) is 9.65. The van der Waals surface area contributed by atoms with Gasteiger partial charge in [0.1, 0.15) is 0 Å². The number of hydrogen-bond donors (Lipinski definition) is 0. The smallest absolute Gasteiger partial charge is 0.305 e. The van der Waals surface area contributed by atoms with E-state index in [9.17, 15) is 4.79 Å². The lowest BCUT2D eigenvalue weighted by Crippen LogP contribution is -2.04. The molecule has 0 atom stereocenters. The van der Waals surface area contributed by atoms with Crippen molar-refractivity contribution >= 4 is 17.3 Å². The number of aromatic nitrogens is 1. The maximum absolute atomic E-state index is 11.4. The van der Waals surface area contributed by atoms with Gasteiger partial charge in [-0.3, -0.25) is 4.79 Å². The summed E-state index contributed by atoms with van der Waals surface area (Å²) in [5.41, 5.74) is 4.25. The Hall–Kier alpha value is -2.66. The minimum absolute atomic E-state index is 0.124. The first-order chi connectivity index (χ1) is 13.8. The van der Waals surface area contributed by atoms with E-state index < -0.39 is 0 Å². The third kappa shape index (κ3) is 5.92. The average molecular weight is 396 g/mol. The number of ether oxygens (including phenoxy) is 2. The van der Waals surface area contributed by atoms with Crippen molar-refractivity contribution in [2.24, 2.45) is 0 Å². The van der Waals surface area contributed by atoms with Crippen LogP contribution in [0.4, 0.5) is 0 Å². The van der Waals surface area contributed by atoms with Crippen LogP contribution in [0, 0.1) is 0 Å². The SMILES string of the molecule is CCOC(=O)CCCCCOc1cc(-c2ccccc2)cc(-c2ccsc2)n1. The van der Waals surface area contributed by atoms with E-state index in [1.165, 1.54) is 0 Å². The predicted octanol–water partition coefficient (Wildman–Crippen LogP) is 5.98. The molecule has 4 nitrogen and oxygen atoms in total. The molecular formula is C23H25NO3S. The Bertz CT molecular complexity index is 863. The molecule has 0 spiro atoms. The van der Waals surface area contributed by atoms with Crippen molar-refractivity contribution in [1.82, 2.24) is 4.98 Å². The van der Waals surface area contributed by atoms with E-state index in [1.807, 2.05) is 31.2 Å². The van der Waals surface area contributed by atoms with Gasteiger partial charge in [-0.05, 0) is 54.8 Å². The van der Waals surface area contributed by atoms with Gasteiger partial charge >= 0.3 is 5.97 Å². The molecule has 0 amide bonds. The van der Waals surface area contributed by atoms with Crippen molar-refractivity contribution in [3.8, 4) is 28.3 Å². The van der Waals surface area contributed by atoms with Gasteiger partial charge in [-0.2, -0.15) is 11.3 Å². The molecule has 2 heterocycles. The van der Waals surface area contributed by atoms with Gasteiger partial charge < -0.3 is 9.47 Å². The summed E-state index contributed by atoms with van der Waals surface area (Å²) < 4.78 is 10.9. The van der Waals surface area contributed by atoms with Crippen LogP contribution >= 0.6 is 11.3 Å². The maximum Gasteiger partial charge on any atom is 0.305 e. The molecule has 0 radical (unpaired) electrons. The van der Waals surface area contributed by atoms with Crippen LogP contribution in [0.3, 0.4) is 0 Å². The van der Waals surface area contributed by atoms with Crippen molar-refractivity contribution in [2.75, 3.05) is 13.2 Å². The highest BCUT2D eigenvalue weighted by Crippen LogP contribution is 2.29. The minimum Gasteiger partial charge on any atom is -0.478 e. The minimum atomic E-state index is -0.124. The van der Waals surface area contributed by atoms with E-state index >= 15 is 0 Å². The van der Waals surface area contributed by atoms with E-state index in [-0.39, 0.29) is 5.97 Å². The molecule has 0 N–H and O–H groups in total. The van der Waals surface area contributed by atoms with Crippen molar-refractivity contribution in [1.29, 1.82) is 0 Å². The summed E-state index contributed by atoms with van der Waals surface area (Å²) in [6.07, 6.45) is 3.09. The summed E-state index contributed by atoms with van der Waals surface area (Å²) in [6.45, 7) is 2.85. The van der Waals surface area contributed by atoms with Crippen LogP contribution in [-0.4, -0.2) is 24.2 Å². The van der Waals surface area contributed by atoms with Crippen LogP contribution in [0.15, 0.2) is 59.3 Å². The Labute approximate surface area is 170 Å². The van der Waals surface area contributed by atoms with Crippen LogP contribution in [0.5, 0.6) is 5.88 Å². The van der Waals surface area contributed by atoms with Gasteiger partial charge in [0.15, 0.2) is 0 Å². The molecule has 0 saturated heterocycles. The fraction of sp³-hybridized carbons (Fsp3) is 0.304. The standard InChI is InChI=1S/C23H25NO3S/c1-2-26-23(25)11-7-4-8-13-27-22-16-20(18-9-5-3-6-10-18)15-21(24-22)19-12-14-28-17-19/h3,5-6,9-10,12,14-17H,2,4,7-8,11,13H2,1H3. The summed E-state index contributed by atoms with van der Waals surface area (Å²) in [5.74, 6) is 0.508. The molecule has 3 aromatic rings. The van der Waals surface area contributed by atoms with Crippen LogP contribution < -0.4 is 4.74 Å². The summed E-state index contributed by atoms with van der Waals surface area (Å²) in [7, 11) is 0. The molecule has 0 bridgehead atoms. The summed E-state index contributed by atoms with van der Waals surface area (Å²) in [4.78, 5) is 16.0. The van der Waals surface area contributed by atoms with Crippen LogP contribution in [-0.2, 0) is 9.53 Å². The van der Waals surface area contributed by atoms with E-state index in [4.69, 9.17) is 9.47 Å². The molecule has 3 rings (SSSR count). The quantitative estimate of drug-likeness (QED) is 0.313. The number of nitrogens with zero attached hydrogens (tertiary/aromatic N) is 1. The molecule has 2 aromatic heterocycles. The number of carbonyl (C=O) groups excluding carboxylic acids is 1. The second-order valence-electron chi connectivity index (χ2n) is 6.42. The molecule has 0 aliphatic heterocycles. The zero-order valence-corrected chi connectivity index (χ0v) is 16.9. The number of rotatable bonds is 10. The van der Waals surface area contributed by atoms with Crippen LogP contribution in [0.2, 0.25) is 0 Å². The van der Waals surface area contributed by atoms with Gasteiger partial charge in [0.25, 0.3) is 0 Å². The Balaban J connectivity index is 1.62. The molecule has 0 unspecified atom stereocenters. The molecule has 5 heteroatoms. The molecule has 146 valence electrons. The Morgan fingerprint density at radius 1 is 1.00 bits per heavy atom. The summed E-state index contributed by atoms with van der Waals surface area (Å²) in [6, 6.07) is 16.4. The first-order valence-corrected chi connectivity index (χ1v) is 10.6. The molecule has 1 aromatic carbocycles. The number of pyridine rings is 1. The highest BCUT2D eigenvalue weighted by atomic mass is 32.1.